The molecule has 1 amide bonds. The van der Waals surface area contributed by atoms with Crippen LogP contribution < -0.4 is 5.43 Å². The number of nitrogens with one attached hydrogen (secondary N) is 1. The molecule has 0 aliphatic carbocycles. The number of hydrogen-bond donors (Lipinski definition) is 1. The van der Waals surface area contributed by atoms with Crippen LogP contribution in [0.15, 0.2) is 16.6 Å². The van der Waals surface area contributed by atoms with Crippen molar-refractivity contribution >= 4 is 29.5 Å². The highest BCUT2D eigenvalue weighted by Crippen LogP contribution is 2.22. The Balaban J connectivity index is 2.86. The number of amides is 1. The first-order valence-electron chi connectivity index (χ1n) is 5.46. The number of carbonyl (C=O) groups excluding carboxylic acids is 2. The van der Waals surface area contributed by atoms with Crippen LogP contribution in [0.3, 0.4) is 0 Å². The number of thioether (sulfide) groups is 1. The molecule has 0 aliphatic heterocycles. The zero-order chi connectivity index (χ0) is 15.1. The van der Waals surface area contributed by atoms with Crippen molar-refractivity contribution in [2.45, 2.75) is 17.3 Å². The number of hydrogen-bond acceptors (Lipinski definition) is 8. The predicted octanol–water partition coefficient (Wildman–Crippen LogP) is 0.181. The second kappa shape index (κ2) is 7.48. The van der Waals surface area contributed by atoms with Crippen molar-refractivity contribution in [1.29, 1.82) is 0 Å². The Morgan fingerprint density at radius 1 is 1.45 bits per heavy atom. The maximum atomic E-state index is 11.8. The van der Waals surface area contributed by atoms with E-state index < -0.39 is 17.3 Å². The van der Waals surface area contributed by atoms with E-state index in [0.717, 1.165) is 11.8 Å². The molecular weight excluding hydrogens is 286 g/mol. The van der Waals surface area contributed by atoms with Crippen molar-refractivity contribution in [1.82, 2.24) is 20.2 Å². The van der Waals surface area contributed by atoms with Gasteiger partial charge in [0.2, 0.25) is 0 Å². The van der Waals surface area contributed by atoms with E-state index in [1.807, 2.05) is 0 Å². The van der Waals surface area contributed by atoms with Crippen LogP contribution >= 0.6 is 11.8 Å². The number of aromatic nitrogens is 3. The minimum Gasteiger partial charge on any atom is -0.468 e. The molecule has 0 aliphatic rings. The van der Waals surface area contributed by atoms with Crippen LogP contribution in [-0.2, 0) is 21.3 Å². The standard InChI is InChI=1S/C10H15N5O4S/c1-6(12-14-10(17)19-4)7(8(16)18-3)20-9-13-11-5-15(9)2/h5,7H,1-4H3,(H,14,17)/b12-6-. The Morgan fingerprint density at radius 3 is 2.65 bits per heavy atom. The molecule has 9 nitrogen and oxygen atoms in total. The lowest BCUT2D eigenvalue weighted by atomic mass is 10.3. The normalized spacial score (nSPS) is 12.7. The van der Waals surface area contributed by atoms with Crippen LogP contribution in [0, 0.1) is 0 Å². The quantitative estimate of drug-likeness (QED) is 0.358. The minimum atomic E-state index is -0.750. The first kappa shape index (κ1) is 16.0. The minimum absolute atomic E-state index is 0.343. The maximum absolute atomic E-state index is 11.8. The smallest absolute Gasteiger partial charge is 0.427 e. The van der Waals surface area contributed by atoms with Gasteiger partial charge in [-0.1, -0.05) is 11.8 Å². The summed E-state index contributed by atoms with van der Waals surface area (Å²) in [5.41, 5.74) is 2.49. The van der Waals surface area contributed by atoms with Crippen LogP contribution in [0.4, 0.5) is 4.79 Å². The molecule has 0 radical (unpaired) electrons. The third kappa shape index (κ3) is 4.23. The van der Waals surface area contributed by atoms with Gasteiger partial charge in [0.1, 0.15) is 11.6 Å². The van der Waals surface area contributed by atoms with E-state index in [4.69, 9.17) is 4.74 Å². The van der Waals surface area contributed by atoms with Gasteiger partial charge in [-0.25, -0.2) is 10.2 Å². The van der Waals surface area contributed by atoms with Crippen LogP contribution in [0.25, 0.3) is 0 Å². The first-order valence-corrected chi connectivity index (χ1v) is 6.34. The van der Waals surface area contributed by atoms with Gasteiger partial charge in [0.25, 0.3) is 0 Å². The van der Waals surface area contributed by atoms with E-state index in [1.54, 1.807) is 18.5 Å². The zero-order valence-electron chi connectivity index (χ0n) is 11.5. The Labute approximate surface area is 119 Å². The van der Waals surface area contributed by atoms with Gasteiger partial charge in [0, 0.05) is 7.05 Å². The van der Waals surface area contributed by atoms with Crippen LogP contribution in [-0.4, -0.2) is 52.0 Å². The molecule has 20 heavy (non-hydrogen) atoms. The number of methoxy groups -OCH3 is 2. The summed E-state index contributed by atoms with van der Waals surface area (Å²) < 4.78 is 10.8. The third-order valence-electron chi connectivity index (χ3n) is 2.20. The molecule has 0 saturated carbocycles. The second-order valence-corrected chi connectivity index (χ2v) is 4.67. The average molecular weight is 301 g/mol. The van der Waals surface area contributed by atoms with Crippen molar-refractivity contribution < 1.29 is 19.1 Å². The van der Waals surface area contributed by atoms with E-state index >= 15 is 0 Å². The van der Waals surface area contributed by atoms with Crippen molar-refractivity contribution in [2.75, 3.05) is 14.2 Å². The molecule has 0 fully saturated rings. The molecule has 1 heterocycles. The summed E-state index contributed by atoms with van der Waals surface area (Å²) in [5, 5.41) is 11.1. The molecule has 1 rings (SSSR count). The highest BCUT2D eigenvalue weighted by Gasteiger charge is 2.26. The molecular formula is C10H15N5O4S. The number of ether oxygens (including phenoxy) is 2. The van der Waals surface area contributed by atoms with Crippen molar-refractivity contribution in [2.24, 2.45) is 12.1 Å². The van der Waals surface area contributed by atoms with E-state index in [-0.39, 0.29) is 0 Å². The largest absolute Gasteiger partial charge is 0.468 e. The van der Waals surface area contributed by atoms with Crippen molar-refractivity contribution in [3.8, 4) is 0 Å². The van der Waals surface area contributed by atoms with E-state index in [0.29, 0.717) is 10.9 Å². The summed E-state index contributed by atoms with van der Waals surface area (Å²) in [7, 11) is 4.23. The number of hydrazone groups is 1. The number of rotatable bonds is 5. The van der Waals surface area contributed by atoms with Gasteiger partial charge in [-0.3, -0.25) is 4.79 Å². The van der Waals surface area contributed by atoms with Gasteiger partial charge in [-0.2, -0.15) is 5.10 Å². The molecule has 1 atom stereocenters. The molecule has 10 heteroatoms. The Kier molecular flexibility index (Phi) is 5.97. The summed E-state index contributed by atoms with van der Waals surface area (Å²) >= 11 is 1.11. The SMILES string of the molecule is COC(=O)N/N=C(/C)C(Sc1nncn1C)C(=O)OC. The highest BCUT2D eigenvalue weighted by atomic mass is 32.2. The fourth-order valence-electron chi connectivity index (χ4n) is 1.13. The number of carbonyl (C=O) groups is 2. The number of esters is 1. The Bertz CT molecular complexity index is 516. The first-order chi connectivity index (χ1) is 9.49. The molecule has 0 aromatic carbocycles. The maximum Gasteiger partial charge on any atom is 0.427 e. The molecule has 0 saturated heterocycles. The fraction of sp³-hybridized carbons (Fsp3) is 0.500. The van der Waals surface area contributed by atoms with Gasteiger partial charge in [-0.15, -0.1) is 10.2 Å². The highest BCUT2D eigenvalue weighted by molar-refractivity contribution is 8.01. The molecule has 0 spiro atoms. The van der Waals surface area contributed by atoms with Gasteiger partial charge < -0.3 is 14.0 Å². The Morgan fingerprint density at radius 2 is 2.15 bits per heavy atom. The zero-order valence-corrected chi connectivity index (χ0v) is 12.3. The van der Waals surface area contributed by atoms with Crippen LogP contribution in [0.1, 0.15) is 6.92 Å². The third-order valence-corrected chi connectivity index (χ3v) is 3.55. The lowest BCUT2D eigenvalue weighted by molar-refractivity contribution is -0.138. The monoisotopic (exact) mass is 301 g/mol. The van der Waals surface area contributed by atoms with Gasteiger partial charge in [0.05, 0.1) is 19.9 Å². The molecule has 1 aromatic heterocycles. The molecule has 110 valence electrons. The summed E-state index contributed by atoms with van der Waals surface area (Å²) in [6.07, 6.45) is 0.784. The van der Waals surface area contributed by atoms with Crippen molar-refractivity contribution in [3.05, 3.63) is 6.33 Å². The topological polar surface area (TPSA) is 108 Å². The van der Waals surface area contributed by atoms with Crippen LogP contribution in [0.5, 0.6) is 0 Å². The average Bonchev–Trinajstić information content (AvgIpc) is 2.86. The summed E-state index contributed by atoms with van der Waals surface area (Å²) in [6, 6.07) is 0. The fourth-order valence-corrected chi connectivity index (χ4v) is 2.07. The lowest BCUT2D eigenvalue weighted by Gasteiger charge is -2.13. The predicted molar refractivity (Wildman–Crippen MR) is 71.3 cm³/mol. The number of nitrogens with zero attached hydrogens (tertiary/aromatic N) is 4. The van der Waals surface area contributed by atoms with Crippen molar-refractivity contribution in [3.63, 3.8) is 0 Å². The molecule has 1 unspecified atom stereocenters. The van der Waals surface area contributed by atoms with Gasteiger partial charge in [-0.05, 0) is 6.92 Å². The molecule has 0 bridgehead atoms. The summed E-state index contributed by atoms with van der Waals surface area (Å²) in [4.78, 5) is 22.7. The van der Waals surface area contributed by atoms with E-state index in [1.165, 1.54) is 20.5 Å². The van der Waals surface area contributed by atoms with Crippen LogP contribution in [0.2, 0.25) is 0 Å². The van der Waals surface area contributed by atoms with E-state index in [2.05, 4.69) is 25.5 Å². The molecule has 1 aromatic rings. The van der Waals surface area contributed by atoms with Gasteiger partial charge in [0.15, 0.2) is 5.16 Å². The number of aryl methyl sites for hydroxylation is 1. The van der Waals surface area contributed by atoms with E-state index in [9.17, 15) is 9.59 Å². The lowest BCUT2D eigenvalue weighted by Crippen LogP contribution is -2.29. The Hall–Kier alpha value is -2.10. The molecule has 1 N–H and O–H groups in total. The second-order valence-electron chi connectivity index (χ2n) is 3.60. The summed E-state index contributed by atoms with van der Waals surface area (Å²) in [6.45, 7) is 1.58. The van der Waals surface area contributed by atoms with Gasteiger partial charge >= 0.3 is 12.1 Å². The summed E-state index contributed by atoms with van der Waals surface area (Å²) in [5.74, 6) is -0.508.